The van der Waals surface area contributed by atoms with Gasteiger partial charge in [-0.15, -0.1) is 11.8 Å². The molecule has 0 aliphatic rings. The predicted octanol–water partition coefficient (Wildman–Crippen LogP) is 2.51. The lowest BCUT2D eigenvalue weighted by molar-refractivity contribution is 0.840. The van der Waals surface area contributed by atoms with Crippen LogP contribution in [0.25, 0.3) is 16.8 Å². The van der Waals surface area contributed by atoms with Crippen molar-refractivity contribution in [3.63, 3.8) is 0 Å². The molecule has 1 aromatic carbocycles. The quantitative estimate of drug-likeness (QED) is 0.751. The van der Waals surface area contributed by atoms with Gasteiger partial charge in [-0.2, -0.15) is 9.61 Å². The number of rotatable bonds is 3. The number of aromatic nitrogens is 4. The molecule has 6 heteroatoms. The van der Waals surface area contributed by atoms with E-state index < -0.39 is 0 Å². The van der Waals surface area contributed by atoms with E-state index in [4.69, 9.17) is 0 Å². The van der Waals surface area contributed by atoms with Gasteiger partial charge in [0.1, 0.15) is 0 Å². The average molecular weight is 286 g/mol. The molecule has 20 heavy (non-hydrogen) atoms. The normalized spacial score (nSPS) is 11.1. The van der Waals surface area contributed by atoms with Crippen molar-refractivity contribution in [1.29, 1.82) is 0 Å². The number of benzene rings is 1. The van der Waals surface area contributed by atoms with E-state index in [2.05, 4.69) is 41.0 Å². The van der Waals surface area contributed by atoms with Gasteiger partial charge in [-0.05, 0) is 29.9 Å². The second kappa shape index (κ2) is 5.13. The summed E-state index contributed by atoms with van der Waals surface area (Å²) < 4.78 is 1.28. The fraction of sp³-hybridized carbons (Fsp3) is 0.214. The van der Waals surface area contributed by atoms with Crippen LogP contribution in [-0.4, -0.2) is 25.3 Å². The van der Waals surface area contributed by atoms with Crippen LogP contribution in [0, 0.1) is 6.92 Å². The predicted molar refractivity (Wildman–Crippen MR) is 80.2 cm³/mol. The third-order valence-corrected chi connectivity index (χ3v) is 4.15. The maximum atomic E-state index is 11.6. The van der Waals surface area contributed by atoms with Crippen molar-refractivity contribution < 1.29 is 0 Å². The van der Waals surface area contributed by atoms with Crippen molar-refractivity contribution in [2.45, 2.75) is 18.7 Å². The lowest BCUT2D eigenvalue weighted by Gasteiger charge is -2.06. The number of thioether (sulfide) groups is 1. The number of aryl methyl sites for hydroxylation is 1. The zero-order chi connectivity index (χ0) is 14.1. The molecule has 3 aromatic rings. The van der Waals surface area contributed by atoms with Crippen molar-refractivity contribution in [2.24, 2.45) is 0 Å². The first-order valence-corrected chi connectivity index (χ1v) is 7.34. The number of fused-ring (bicyclic) bond motifs is 1. The number of hydrogen-bond acceptors (Lipinski definition) is 4. The van der Waals surface area contributed by atoms with Crippen LogP contribution in [-0.2, 0) is 0 Å². The van der Waals surface area contributed by atoms with Crippen molar-refractivity contribution in [3.8, 4) is 11.1 Å². The number of aromatic amines is 1. The zero-order valence-corrected chi connectivity index (χ0v) is 12.1. The summed E-state index contributed by atoms with van der Waals surface area (Å²) in [7, 11) is 0. The van der Waals surface area contributed by atoms with Gasteiger partial charge >= 0.3 is 5.69 Å². The van der Waals surface area contributed by atoms with Crippen molar-refractivity contribution in [2.75, 3.05) is 5.75 Å². The first kappa shape index (κ1) is 12.9. The van der Waals surface area contributed by atoms with Crippen LogP contribution < -0.4 is 5.69 Å². The highest BCUT2D eigenvalue weighted by molar-refractivity contribution is 7.99. The van der Waals surface area contributed by atoms with Crippen LogP contribution in [0.4, 0.5) is 0 Å². The Labute approximate surface area is 120 Å². The molecule has 0 saturated carbocycles. The second-order valence-corrected chi connectivity index (χ2v) is 5.72. The van der Waals surface area contributed by atoms with Gasteiger partial charge < -0.3 is 0 Å². The highest BCUT2D eigenvalue weighted by atomic mass is 32.2. The van der Waals surface area contributed by atoms with Gasteiger partial charge in [0.15, 0.2) is 5.65 Å². The standard InChI is InChI=1S/C14H14N4OS/c1-3-20-12-5-4-10(6-9(12)2)11-7-17-18-13(11)15-8-16-14(18)19/h4-8H,3H2,1-2H3,(H,15,16,19). The smallest absolute Gasteiger partial charge is 0.296 e. The Morgan fingerprint density at radius 1 is 1.40 bits per heavy atom. The Morgan fingerprint density at radius 2 is 2.25 bits per heavy atom. The molecular formula is C14H14N4OS. The third-order valence-electron chi connectivity index (χ3n) is 3.10. The minimum absolute atomic E-state index is 0.281. The number of nitrogens with one attached hydrogen (secondary N) is 1. The minimum Gasteiger partial charge on any atom is -0.296 e. The largest absolute Gasteiger partial charge is 0.349 e. The summed E-state index contributed by atoms with van der Waals surface area (Å²) in [5, 5.41) is 4.09. The van der Waals surface area contributed by atoms with Crippen LogP contribution in [0.2, 0.25) is 0 Å². The highest BCUT2D eigenvalue weighted by Gasteiger charge is 2.10. The molecule has 0 fully saturated rings. The monoisotopic (exact) mass is 286 g/mol. The molecule has 5 nitrogen and oxygen atoms in total. The molecule has 0 atom stereocenters. The van der Waals surface area contributed by atoms with Crippen molar-refractivity contribution >= 4 is 17.4 Å². The van der Waals surface area contributed by atoms with Gasteiger partial charge in [0.2, 0.25) is 0 Å². The van der Waals surface area contributed by atoms with Gasteiger partial charge in [-0.3, -0.25) is 4.98 Å². The summed E-state index contributed by atoms with van der Waals surface area (Å²) in [6.07, 6.45) is 3.08. The molecule has 0 aliphatic carbocycles. The van der Waals surface area contributed by atoms with Crippen LogP contribution in [0.15, 0.2) is 40.4 Å². The molecule has 2 aromatic heterocycles. The molecule has 0 aliphatic heterocycles. The Morgan fingerprint density at radius 3 is 3.00 bits per heavy atom. The second-order valence-electron chi connectivity index (χ2n) is 4.41. The Balaban J connectivity index is 2.14. The molecular weight excluding hydrogens is 272 g/mol. The molecule has 0 spiro atoms. The van der Waals surface area contributed by atoms with Gasteiger partial charge in [-0.1, -0.05) is 19.1 Å². The maximum absolute atomic E-state index is 11.6. The molecule has 0 amide bonds. The lowest BCUT2D eigenvalue weighted by atomic mass is 10.1. The summed E-state index contributed by atoms with van der Waals surface area (Å²) in [6.45, 7) is 4.23. The van der Waals surface area contributed by atoms with E-state index in [1.54, 1.807) is 6.20 Å². The summed E-state index contributed by atoms with van der Waals surface area (Å²) >= 11 is 1.82. The first-order valence-electron chi connectivity index (χ1n) is 6.36. The Bertz CT molecular complexity index is 821. The van der Waals surface area contributed by atoms with E-state index in [-0.39, 0.29) is 5.69 Å². The summed E-state index contributed by atoms with van der Waals surface area (Å²) in [6, 6.07) is 6.26. The fourth-order valence-corrected chi connectivity index (χ4v) is 2.92. The van der Waals surface area contributed by atoms with Crippen molar-refractivity contribution in [3.05, 3.63) is 46.8 Å². The molecule has 0 radical (unpaired) electrons. The summed E-state index contributed by atoms with van der Waals surface area (Å²) in [5.41, 5.74) is 3.40. The van der Waals surface area contributed by atoms with Gasteiger partial charge in [-0.25, -0.2) is 9.78 Å². The van der Waals surface area contributed by atoms with E-state index in [0.29, 0.717) is 5.65 Å². The van der Waals surface area contributed by atoms with E-state index >= 15 is 0 Å². The molecule has 102 valence electrons. The van der Waals surface area contributed by atoms with Gasteiger partial charge in [0.25, 0.3) is 0 Å². The van der Waals surface area contributed by atoms with Crippen LogP contribution >= 0.6 is 11.8 Å². The molecule has 2 heterocycles. The molecule has 0 unspecified atom stereocenters. The number of hydrogen-bond donors (Lipinski definition) is 1. The van der Waals surface area contributed by atoms with Gasteiger partial charge in [0, 0.05) is 10.5 Å². The van der Waals surface area contributed by atoms with Crippen LogP contribution in [0.3, 0.4) is 0 Å². The zero-order valence-electron chi connectivity index (χ0n) is 11.3. The van der Waals surface area contributed by atoms with E-state index in [1.807, 2.05) is 17.8 Å². The molecule has 3 rings (SSSR count). The maximum Gasteiger partial charge on any atom is 0.349 e. The van der Waals surface area contributed by atoms with Crippen molar-refractivity contribution in [1.82, 2.24) is 19.6 Å². The van der Waals surface area contributed by atoms with Crippen LogP contribution in [0.1, 0.15) is 12.5 Å². The lowest BCUT2D eigenvalue weighted by Crippen LogP contribution is -2.17. The molecule has 1 N–H and O–H groups in total. The highest BCUT2D eigenvalue weighted by Crippen LogP contribution is 2.28. The topological polar surface area (TPSA) is 63.1 Å². The fourth-order valence-electron chi connectivity index (χ4n) is 2.16. The molecule has 0 saturated heterocycles. The SMILES string of the molecule is CCSc1ccc(-c2cnn3c(=O)[nH]cnc23)cc1C. The third kappa shape index (κ3) is 2.12. The Kier molecular flexibility index (Phi) is 3.31. The van der Waals surface area contributed by atoms with E-state index in [1.165, 1.54) is 21.3 Å². The van der Waals surface area contributed by atoms with Gasteiger partial charge in [0.05, 0.1) is 12.5 Å². The Hall–Kier alpha value is -2.08. The minimum atomic E-state index is -0.281. The summed E-state index contributed by atoms with van der Waals surface area (Å²) in [4.78, 5) is 19.6. The first-order chi connectivity index (χ1) is 9.70. The number of H-pyrrole nitrogens is 1. The number of nitrogens with zero attached hydrogens (tertiary/aromatic N) is 3. The van der Waals surface area contributed by atoms with E-state index in [0.717, 1.165) is 16.9 Å². The van der Waals surface area contributed by atoms with E-state index in [9.17, 15) is 4.79 Å². The summed E-state index contributed by atoms with van der Waals surface area (Å²) in [5.74, 6) is 1.05. The molecule has 0 bridgehead atoms. The average Bonchev–Trinajstić information content (AvgIpc) is 2.87. The van der Waals surface area contributed by atoms with Crippen LogP contribution in [0.5, 0.6) is 0 Å².